The first-order chi connectivity index (χ1) is 9.78. The quantitative estimate of drug-likeness (QED) is 0.664. The molecule has 0 unspecified atom stereocenters. The molecule has 0 saturated heterocycles. The summed E-state index contributed by atoms with van der Waals surface area (Å²) in [6.07, 6.45) is 4.36. The Morgan fingerprint density at radius 3 is 2.65 bits per heavy atom. The zero-order valence-electron chi connectivity index (χ0n) is 11.8. The van der Waals surface area contributed by atoms with Crippen LogP contribution in [0.4, 0.5) is 5.69 Å². The van der Waals surface area contributed by atoms with E-state index in [9.17, 15) is 0 Å². The van der Waals surface area contributed by atoms with Crippen molar-refractivity contribution < 1.29 is 9.47 Å². The van der Waals surface area contributed by atoms with Crippen molar-refractivity contribution in [3.63, 3.8) is 0 Å². The lowest BCUT2D eigenvalue weighted by molar-refractivity contribution is 0.397. The number of aromatic nitrogens is 1. The summed E-state index contributed by atoms with van der Waals surface area (Å²) in [4.78, 5) is 4.79. The molecule has 5 nitrogen and oxygen atoms in total. The van der Waals surface area contributed by atoms with Crippen LogP contribution in [0.25, 0.3) is 10.9 Å². The molecule has 1 aromatic carbocycles. The third-order valence-electron chi connectivity index (χ3n) is 3.90. The van der Waals surface area contributed by atoms with Crippen molar-refractivity contribution >= 4 is 16.6 Å². The minimum Gasteiger partial charge on any atom is -0.497 e. The Kier molecular flexibility index (Phi) is 3.36. The van der Waals surface area contributed by atoms with Gasteiger partial charge in [0.25, 0.3) is 0 Å². The molecule has 0 fully saturated rings. The van der Waals surface area contributed by atoms with Gasteiger partial charge in [0.15, 0.2) is 0 Å². The summed E-state index contributed by atoms with van der Waals surface area (Å²) in [6, 6.07) is 3.81. The number of nitrogens with two attached hydrogens (primary N) is 1. The SMILES string of the molecule is COc1cc(OC)c2nc3c(c(NN)c2c1)CCCC3. The van der Waals surface area contributed by atoms with E-state index in [1.165, 1.54) is 18.4 Å². The van der Waals surface area contributed by atoms with Gasteiger partial charge in [-0.05, 0) is 37.3 Å². The number of aryl methyl sites for hydroxylation is 1. The van der Waals surface area contributed by atoms with E-state index in [4.69, 9.17) is 20.3 Å². The van der Waals surface area contributed by atoms with Gasteiger partial charge in [0.2, 0.25) is 0 Å². The first kappa shape index (κ1) is 13.0. The maximum atomic E-state index is 5.76. The van der Waals surface area contributed by atoms with Crippen LogP contribution in [0.15, 0.2) is 12.1 Å². The fraction of sp³-hybridized carbons (Fsp3) is 0.400. The van der Waals surface area contributed by atoms with Crippen LogP contribution in [0.1, 0.15) is 24.1 Å². The van der Waals surface area contributed by atoms with Gasteiger partial charge < -0.3 is 14.9 Å². The first-order valence-electron chi connectivity index (χ1n) is 6.82. The highest BCUT2D eigenvalue weighted by Gasteiger charge is 2.20. The summed E-state index contributed by atoms with van der Waals surface area (Å²) in [5, 5.41) is 0.948. The number of hydrazine groups is 1. The maximum absolute atomic E-state index is 5.76. The standard InChI is InChI=1S/C15H19N3O2/c1-19-9-7-11-14(18-16)10-5-3-4-6-12(10)17-15(11)13(8-9)20-2/h7-8H,3-6,16H2,1-2H3,(H,17,18). The monoisotopic (exact) mass is 273 g/mol. The van der Waals surface area contributed by atoms with Gasteiger partial charge in [0, 0.05) is 17.1 Å². The average Bonchev–Trinajstić information content (AvgIpc) is 2.51. The molecule has 0 bridgehead atoms. The van der Waals surface area contributed by atoms with Crippen LogP contribution in [0, 0.1) is 0 Å². The summed E-state index contributed by atoms with van der Waals surface area (Å²) in [7, 11) is 3.28. The van der Waals surface area contributed by atoms with E-state index in [0.29, 0.717) is 5.75 Å². The molecule has 0 radical (unpaired) electrons. The van der Waals surface area contributed by atoms with Crippen molar-refractivity contribution in [3.8, 4) is 11.5 Å². The second kappa shape index (κ2) is 5.17. The van der Waals surface area contributed by atoms with Crippen LogP contribution < -0.4 is 20.7 Å². The van der Waals surface area contributed by atoms with Crippen molar-refractivity contribution in [2.75, 3.05) is 19.6 Å². The molecule has 1 heterocycles. The van der Waals surface area contributed by atoms with Crippen molar-refractivity contribution in [2.45, 2.75) is 25.7 Å². The van der Waals surface area contributed by atoms with Gasteiger partial charge in [-0.15, -0.1) is 0 Å². The molecule has 0 spiro atoms. The predicted molar refractivity (Wildman–Crippen MR) is 79.3 cm³/mol. The maximum Gasteiger partial charge on any atom is 0.148 e. The number of fused-ring (bicyclic) bond motifs is 2. The zero-order valence-corrected chi connectivity index (χ0v) is 11.8. The molecule has 0 aliphatic heterocycles. The van der Waals surface area contributed by atoms with Gasteiger partial charge in [-0.2, -0.15) is 0 Å². The van der Waals surface area contributed by atoms with Gasteiger partial charge in [0.1, 0.15) is 17.0 Å². The van der Waals surface area contributed by atoms with Crippen molar-refractivity contribution in [2.24, 2.45) is 5.84 Å². The highest BCUT2D eigenvalue weighted by atomic mass is 16.5. The van der Waals surface area contributed by atoms with Gasteiger partial charge >= 0.3 is 0 Å². The normalized spacial score (nSPS) is 13.9. The third-order valence-corrected chi connectivity index (χ3v) is 3.90. The van der Waals surface area contributed by atoms with Crippen LogP contribution >= 0.6 is 0 Å². The number of hydrogen-bond donors (Lipinski definition) is 2. The molecule has 0 amide bonds. The molecular weight excluding hydrogens is 254 g/mol. The fourth-order valence-corrected chi connectivity index (χ4v) is 2.91. The number of anilines is 1. The Labute approximate surface area is 118 Å². The third kappa shape index (κ3) is 1.94. The number of benzene rings is 1. The van der Waals surface area contributed by atoms with Gasteiger partial charge in [-0.1, -0.05) is 0 Å². The largest absolute Gasteiger partial charge is 0.497 e. The molecule has 1 aliphatic rings. The summed E-state index contributed by atoms with van der Waals surface area (Å²) >= 11 is 0. The van der Waals surface area contributed by atoms with E-state index in [1.807, 2.05) is 12.1 Å². The number of pyridine rings is 1. The molecule has 3 rings (SSSR count). The number of nitrogens with one attached hydrogen (secondary N) is 1. The second-order valence-electron chi connectivity index (χ2n) is 4.99. The van der Waals surface area contributed by atoms with E-state index in [-0.39, 0.29) is 0 Å². The summed E-state index contributed by atoms with van der Waals surface area (Å²) in [5.41, 5.74) is 6.98. The number of nitrogens with zero attached hydrogens (tertiary/aromatic N) is 1. The Morgan fingerprint density at radius 2 is 1.95 bits per heavy atom. The highest BCUT2D eigenvalue weighted by Crippen LogP contribution is 2.38. The van der Waals surface area contributed by atoms with Crippen LogP contribution in [-0.4, -0.2) is 19.2 Å². The van der Waals surface area contributed by atoms with Crippen molar-refractivity contribution in [3.05, 3.63) is 23.4 Å². The zero-order chi connectivity index (χ0) is 14.1. The predicted octanol–water partition coefficient (Wildman–Crippen LogP) is 2.42. The average molecular weight is 273 g/mol. The van der Waals surface area contributed by atoms with Gasteiger partial charge in [-0.25, -0.2) is 4.98 Å². The van der Waals surface area contributed by atoms with Crippen LogP contribution in [-0.2, 0) is 12.8 Å². The molecule has 0 atom stereocenters. The lowest BCUT2D eigenvalue weighted by Crippen LogP contribution is -2.15. The van der Waals surface area contributed by atoms with Crippen molar-refractivity contribution in [1.29, 1.82) is 0 Å². The molecule has 106 valence electrons. The summed E-state index contributed by atoms with van der Waals surface area (Å²) < 4.78 is 10.8. The van der Waals surface area contributed by atoms with Crippen LogP contribution in [0.3, 0.4) is 0 Å². The lowest BCUT2D eigenvalue weighted by Gasteiger charge is -2.21. The molecule has 5 heteroatoms. The van der Waals surface area contributed by atoms with E-state index >= 15 is 0 Å². The van der Waals surface area contributed by atoms with Gasteiger partial charge in [-0.3, -0.25) is 5.84 Å². The topological polar surface area (TPSA) is 69.4 Å². The second-order valence-corrected chi connectivity index (χ2v) is 4.99. The Morgan fingerprint density at radius 1 is 1.15 bits per heavy atom. The number of rotatable bonds is 3. The molecular formula is C15H19N3O2. The van der Waals surface area contributed by atoms with Crippen molar-refractivity contribution in [1.82, 2.24) is 4.98 Å². The number of hydrogen-bond acceptors (Lipinski definition) is 5. The minimum atomic E-state index is 0.712. The Hall–Kier alpha value is -2.01. The van der Waals surface area contributed by atoms with E-state index in [0.717, 1.165) is 40.9 Å². The molecule has 1 aromatic heterocycles. The van der Waals surface area contributed by atoms with Crippen LogP contribution in [0.5, 0.6) is 11.5 Å². The highest BCUT2D eigenvalue weighted by molar-refractivity contribution is 5.97. The molecule has 3 N–H and O–H groups in total. The van der Waals surface area contributed by atoms with E-state index < -0.39 is 0 Å². The van der Waals surface area contributed by atoms with E-state index in [2.05, 4.69) is 5.43 Å². The van der Waals surface area contributed by atoms with E-state index in [1.54, 1.807) is 14.2 Å². The Balaban J connectivity index is 2.36. The molecule has 20 heavy (non-hydrogen) atoms. The van der Waals surface area contributed by atoms with Crippen LogP contribution in [0.2, 0.25) is 0 Å². The molecule has 1 aliphatic carbocycles. The number of methoxy groups -OCH3 is 2. The molecule has 0 saturated carbocycles. The summed E-state index contributed by atoms with van der Waals surface area (Å²) in [5.74, 6) is 7.22. The molecule has 2 aromatic rings. The minimum absolute atomic E-state index is 0.712. The first-order valence-corrected chi connectivity index (χ1v) is 6.82. The Bertz CT molecular complexity index is 655. The smallest absolute Gasteiger partial charge is 0.148 e. The number of ether oxygens (including phenoxy) is 2. The lowest BCUT2D eigenvalue weighted by atomic mass is 9.92. The summed E-state index contributed by atoms with van der Waals surface area (Å²) in [6.45, 7) is 0. The number of nitrogen functional groups attached to an aromatic ring is 1. The van der Waals surface area contributed by atoms with Gasteiger partial charge in [0.05, 0.1) is 19.9 Å². The fourth-order valence-electron chi connectivity index (χ4n) is 2.91.